The fourth-order valence-corrected chi connectivity index (χ4v) is 4.76. The molecule has 1 aromatic rings. The lowest BCUT2D eigenvalue weighted by atomic mass is 10.2. The number of nitrogens with zero attached hydrogens (tertiary/aromatic N) is 1. The van der Waals surface area contributed by atoms with Gasteiger partial charge in [0.25, 0.3) is 5.69 Å². The van der Waals surface area contributed by atoms with E-state index in [0.717, 1.165) is 18.6 Å². The Morgan fingerprint density at radius 3 is 2.76 bits per heavy atom. The van der Waals surface area contributed by atoms with Crippen LogP contribution in [0.1, 0.15) is 12.8 Å². The summed E-state index contributed by atoms with van der Waals surface area (Å²) < 4.78 is 27.3. The Kier molecular flexibility index (Phi) is 5.07. The molecule has 1 aromatic carbocycles. The van der Waals surface area contributed by atoms with E-state index in [-0.39, 0.29) is 10.9 Å². The van der Waals surface area contributed by atoms with E-state index in [9.17, 15) is 18.5 Å². The lowest BCUT2D eigenvalue weighted by molar-refractivity contribution is -0.387. The molecule has 0 aliphatic carbocycles. The van der Waals surface area contributed by atoms with Crippen LogP contribution in [0.3, 0.4) is 0 Å². The SMILES string of the molecule is CNc1ccc(S(=O)(=O)NC2CCCSC2)c([N+](=O)[O-])c1. The molecule has 0 aromatic heterocycles. The van der Waals surface area contributed by atoms with Gasteiger partial charge in [-0.25, -0.2) is 13.1 Å². The number of sulfonamides is 1. The predicted octanol–water partition coefficient (Wildman–Crippen LogP) is 1.81. The summed E-state index contributed by atoms with van der Waals surface area (Å²) in [6.45, 7) is 0. The van der Waals surface area contributed by atoms with E-state index in [1.54, 1.807) is 18.8 Å². The Morgan fingerprint density at radius 2 is 2.19 bits per heavy atom. The standard InChI is InChI=1S/C12H17N3O4S2/c1-13-9-4-5-12(11(7-9)15(16)17)21(18,19)14-10-3-2-6-20-8-10/h4-5,7,10,13-14H,2-3,6,8H2,1H3. The maximum Gasteiger partial charge on any atom is 0.291 e. The maximum atomic E-state index is 12.4. The molecular weight excluding hydrogens is 314 g/mol. The van der Waals surface area contributed by atoms with Crippen molar-refractivity contribution >= 4 is 33.2 Å². The van der Waals surface area contributed by atoms with Gasteiger partial charge >= 0.3 is 0 Å². The zero-order valence-corrected chi connectivity index (χ0v) is 13.2. The number of nitro groups is 1. The topological polar surface area (TPSA) is 101 Å². The van der Waals surface area contributed by atoms with E-state index in [2.05, 4.69) is 10.0 Å². The number of rotatable bonds is 5. The van der Waals surface area contributed by atoms with Crippen LogP contribution in [0.5, 0.6) is 0 Å². The molecule has 2 N–H and O–H groups in total. The van der Waals surface area contributed by atoms with E-state index in [1.165, 1.54) is 18.2 Å². The minimum absolute atomic E-state index is 0.169. The normalized spacial score (nSPS) is 19.2. The van der Waals surface area contributed by atoms with Crippen LogP contribution in [-0.4, -0.2) is 37.9 Å². The van der Waals surface area contributed by atoms with Crippen molar-refractivity contribution in [3.63, 3.8) is 0 Å². The van der Waals surface area contributed by atoms with Crippen molar-refractivity contribution in [1.82, 2.24) is 4.72 Å². The first kappa shape index (κ1) is 16.1. The summed E-state index contributed by atoms with van der Waals surface area (Å²) in [5.74, 6) is 1.72. The van der Waals surface area contributed by atoms with Crippen molar-refractivity contribution in [2.45, 2.75) is 23.8 Å². The van der Waals surface area contributed by atoms with E-state index >= 15 is 0 Å². The van der Waals surface area contributed by atoms with Crippen LogP contribution in [0.25, 0.3) is 0 Å². The van der Waals surface area contributed by atoms with Gasteiger partial charge in [0.15, 0.2) is 4.90 Å². The van der Waals surface area contributed by atoms with Gasteiger partial charge in [-0.3, -0.25) is 10.1 Å². The highest BCUT2D eigenvalue weighted by Gasteiger charge is 2.29. The Labute approximate surface area is 127 Å². The van der Waals surface area contributed by atoms with Crippen LogP contribution in [0, 0.1) is 10.1 Å². The second-order valence-corrected chi connectivity index (χ2v) is 7.56. The van der Waals surface area contributed by atoms with Gasteiger partial charge in [0.1, 0.15) is 0 Å². The molecular formula is C12H17N3O4S2. The Balaban J connectivity index is 2.32. The molecule has 21 heavy (non-hydrogen) atoms. The first-order chi connectivity index (χ1) is 9.94. The molecule has 1 atom stereocenters. The molecule has 0 saturated carbocycles. The van der Waals surface area contributed by atoms with Gasteiger partial charge in [-0.15, -0.1) is 0 Å². The number of nitro benzene ring substituents is 1. The van der Waals surface area contributed by atoms with Gasteiger partial charge < -0.3 is 5.32 Å². The van der Waals surface area contributed by atoms with Crippen LogP contribution < -0.4 is 10.0 Å². The smallest absolute Gasteiger partial charge is 0.291 e. The van der Waals surface area contributed by atoms with Crippen LogP contribution >= 0.6 is 11.8 Å². The second kappa shape index (κ2) is 6.63. The Bertz CT molecular complexity index is 627. The van der Waals surface area contributed by atoms with Gasteiger partial charge in [-0.2, -0.15) is 11.8 Å². The predicted molar refractivity (Wildman–Crippen MR) is 83.3 cm³/mol. The highest BCUT2D eigenvalue weighted by atomic mass is 32.2. The van der Waals surface area contributed by atoms with Gasteiger partial charge in [0.05, 0.1) is 4.92 Å². The first-order valence-corrected chi connectivity index (χ1v) is 9.14. The summed E-state index contributed by atoms with van der Waals surface area (Å²) in [5.41, 5.74) is 0.0756. The summed E-state index contributed by atoms with van der Waals surface area (Å²) in [6, 6.07) is 3.83. The molecule has 1 unspecified atom stereocenters. The maximum absolute atomic E-state index is 12.4. The van der Waals surface area contributed by atoms with E-state index in [1.807, 2.05) is 0 Å². The molecule has 0 amide bonds. The highest BCUT2D eigenvalue weighted by molar-refractivity contribution is 7.99. The van der Waals surface area contributed by atoms with Crippen molar-refractivity contribution in [3.05, 3.63) is 28.3 Å². The molecule has 7 nitrogen and oxygen atoms in total. The third-order valence-electron chi connectivity index (χ3n) is 3.22. The van der Waals surface area contributed by atoms with Crippen LogP contribution in [0.4, 0.5) is 11.4 Å². The monoisotopic (exact) mass is 331 g/mol. The fraction of sp³-hybridized carbons (Fsp3) is 0.500. The second-order valence-electron chi connectivity index (χ2n) is 4.72. The molecule has 1 saturated heterocycles. The molecule has 116 valence electrons. The average molecular weight is 331 g/mol. The minimum Gasteiger partial charge on any atom is -0.388 e. The first-order valence-electron chi connectivity index (χ1n) is 6.50. The molecule has 0 spiro atoms. The molecule has 1 aliphatic heterocycles. The van der Waals surface area contributed by atoms with Crippen LogP contribution in [-0.2, 0) is 10.0 Å². The molecule has 0 bridgehead atoms. The lowest BCUT2D eigenvalue weighted by Gasteiger charge is -2.22. The van der Waals surface area contributed by atoms with E-state index < -0.39 is 20.6 Å². The summed E-state index contributed by atoms with van der Waals surface area (Å²) >= 11 is 1.68. The van der Waals surface area contributed by atoms with Crippen molar-refractivity contribution in [2.24, 2.45) is 0 Å². The summed E-state index contributed by atoms with van der Waals surface area (Å²) in [6.07, 6.45) is 1.70. The number of nitrogens with one attached hydrogen (secondary N) is 2. The number of hydrogen-bond acceptors (Lipinski definition) is 6. The van der Waals surface area contributed by atoms with E-state index in [0.29, 0.717) is 11.4 Å². The minimum atomic E-state index is -3.89. The van der Waals surface area contributed by atoms with Gasteiger partial charge in [0, 0.05) is 30.6 Å². The van der Waals surface area contributed by atoms with Crippen molar-refractivity contribution in [2.75, 3.05) is 23.9 Å². The quantitative estimate of drug-likeness (QED) is 0.630. The van der Waals surface area contributed by atoms with Crippen molar-refractivity contribution in [1.29, 1.82) is 0 Å². The Morgan fingerprint density at radius 1 is 1.43 bits per heavy atom. The molecule has 1 fully saturated rings. The number of hydrogen-bond donors (Lipinski definition) is 2. The number of anilines is 1. The molecule has 1 heterocycles. The third-order valence-corrected chi connectivity index (χ3v) is 6.00. The molecule has 2 rings (SSSR count). The number of benzene rings is 1. The summed E-state index contributed by atoms with van der Waals surface area (Å²) in [4.78, 5) is 10.1. The summed E-state index contributed by atoms with van der Waals surface area (Å²) in [7, 11) is -2.28. The number of thioether (sulfide) groups is 1. The highest BCUT2D eigenvalue weighted by Crippen LogP contribution is 2.28. The zero-order chi connectivity index (χ0) is 15.5. The van der Waals surface area contributed by atoms with E-state index in [4.69, 9.17) is 0 Å². The van der Waals surface area contributed by atoms with Gasteiger partial charge in [0.2, 0.25) is 10.0 Å². The van der Waals surface area contributed by atoms with Gasteiger partial charge in [-0.05, 0) is 30.7 Å². The van der Waals surface area contributed by atoms with Crippen LogP contribution in [0.2, 0.25) is 0 Å². The fourth-order valence-electron chi connectivity index (χ4n) is 2.16. The molecule has 0 radical (unpaired) electrons. The van der Waals surface area contributed by atoms with Gasteiger partial charge in [-0.1, -0.05) is 0 Å². The average Bonchev–Trinajstić information content (AvgIpc) is 2.47. The molecule has 9 heteroatoms. The lowest BCUT2D eigenvalue weighted by Crippen LogP contribution is -2.38. The Hall–Kier alpha value is -1.32. The van der Waals surface area contributed by atoms with Crippen LogP contribution in [0.15, 0.2) is 23.1 Å². The van der Waals surface area contributed by atoms with Crippen molar-refractivity contribution < 1.29 is 13.3 Å². The van der Waals surface area contributed by atoms with Crippen molar-refractivity contribution in [3.8, 4) is 0 Å². The largest absolute Gasteiger partial charge is 0.388 e. The summed E-state index contributed by atoms with van der Waals surface area (Å²) in [5, 5.41) is 13.9. The zero-order valence-electron chi connectivity index (χ0n) is 11.5. The third kappa shape index (κ3) is 3.86. The molecule has 1 aliphatic rings.